The van der Waals surface area contributed by atoms with Gasteiger partial charge in [-0.05, 0) is 19.4 Å². The molecule has 13 heavy (non-hydrogen) atoms. The van der Waals surface area contributed by atoms with E-state index in [1.807, 2.05) is 6.08 Å². The van der Waals surface area contributed by atoms with E-state index >= 15 is 0 Å². The summed E-state index contributed by atoms with van der Waals surface area (Å²) in [6.07, 6.45) is 1.89. The van der Waals surface area contributed by atoms with Gasteiger partial charge >= 0.3 is 0 Å². The van der Waals surface area contributed by atoms with Crippen LogP contribution in [-0.2, 0) is 0 Å². The maximum atomic E-state index is 3.75. The highest BCUT2D eigenvalue weighted by Gasteiger charge is 1.92. The Morgan fingerprint density at radius 3 is 2.77 bits per heavy atom. The maximum Gasteiger partial charge on any atom is 0.111 e. The van der Waals surface area contributed by atoms with Crippen molar-refractivity contribution in [3.8, 4) is 0 Å². The summed E-state index contributed by atoms with van der Waals surface area (Å²) in [7, 11) is 0.774. The van der Waals surface area contributed by atoms with E-state index in [4.69, 9.17) is 0 Å². The van der Waals surface area contributed by atoms with Crippen LogP contribution < -0.4 is 5.19 Å². The lowest BCUT2D eigenvalue weighted by atomic mass is 10.2. The van der Waals surface area contributed by atoms with Gasteiger partial charge in [0.05, 0.1) is 0 Å². The first kappa shape index (κ1) is 10.0. The van der Waals surface area contributed by atoms with E-state index in [1.54, 1.807) is 0 Å². The second kappa shape index (κ2) is 4.82. The van der Waals surface area contributed by atoms with Crippen LogP contribution >= 0.6 is 0 Å². The summed E-state index contributed by atoms with van der Waals surface area (Å²) in [6, 6.07) is 8.50. The molecule has 0 aliphatic heterocycles. The summed E-state index contributed by atoms with van der Waals surface area (Å²) in [4.78, 5) is 0. The molecule has 1 rings (SSSR count). The number of hydrogen-bond acceptors (Lipinski definition) is 0. The molecule has 0 atom stereocenters. The molecule has 0 heterocycles. The molecule has 0 aliphatic rings. The average molecular weight is 186 g/mol. The van der Waals surface area contributed by atoms with Crippen molar-refractivity contribution in [2.24, 2.45) is 0 Å². The normalized spacial score (nSPS) is 9.38. The standard InChI is InChI=1S/C12H14Si/c1-4-11-6-5-7-12(8-11)13-9-10(2)3/h4-9H,1H2,2-3H3. The molecule has 2 radical (unpaired) electrons. The molecular weight excluding hydrogens is 172 g/mol. The Morgan fingerprint density at radius 1 is 1.38 bits per heavy atom. The zero-order valence-electron chi connectivity index (χ0n) is 8.17. The lowest BCUT2D eigenvalue weighted by Crippen LogP contribution is -2.11. The average Bonchev–Trinajstić information content (AvgIpc) is 2.15. The van der Waals surface area contributed by atoms with Crippen molar-refractivity contribution < 1.29 is 0 Å². The van der Waals surface area contributed by atoms with Crippen LogP contribution in [0.2, 0.25) is 0 Å². The molecular formula is C12H14Si. The van der Waals surface area contributed by atoms with Gasteiger partial charge in [0.2, 0.25) is 0 Å². The van der Waals surface area contributed by atoms with Gasteiger partial charge in [0.25, 0.3) is 0 Å². The Kier molecular flexibility index (Phi) is 3.71. The Bertz CT molecular complexity index is 320. The fourth-order valence-corrected chi connectivity index (χ4v) is 1.88. The Balaban J connectivity index is 2.77. The molecule has 0 aliphatic carbocycles. The highest BCUT2D eigenvalue weighted by Crippen LogP contribution is 1.97. The van der Waals surface area contributed by atoms with E-state index in [2.05, 4.69) is 50.4 Å². The third-order valence-corrected chi connectivity index (χ3v) is 3.02. The molecule has 0 unspecified atom stereocenters. The van der Waals surface area contributed by atoms with Crippen molar-refractivity contribution in [1.29, 1.82) is 0 Å². The summed E-state index contributed by atoms with van der Waals surface area (Å²) in [5.41, 5.74) is 4.84. The lowest BCUT2D eigenvalue weighted by molar-refractivity contribution is 1.41. The van der Waals surface area contributed by atoms with Crippen molar-refractivity contribution in [2.45, 2.75) is 13.8 Å². The van der Waals surface area contributed by atoms with Gasteiger partial charge in [-0.1, -0.05) is 53.4 Å². The van der Waals surface area contributed by atoms with E-state index in [0.717, 1.165) is 9.52 Å². The van der Waals surface area contributed by atoms with Crippen molar-refractivity contribution in [3.63, 3.8) is 0 Å². The van der Waals surface area contributed by atoms with Gasteiger partial charge in [-0.25, -0.2) is 0 Å². The predicted octanol–water partition coefficient (Wildman–Crippen LogP) is 2.58. The molecule has 0 saturated heterocycles. The molecule has 0 amide bonds. The third-order valence-electron chi connectivity index (χ3n) is 1.65. The molecule has 66 valence electrons. The van der Waals surface area contributed by atoms with E-state index < -0.39 is 0 Å². The number of allylic oxidation sites excluding steroid dienone is 1. The molecule has 0 bridgehead atoms. The first-order valence-electron chi connectivity index (χ1n) is 4.35. The molecule has 0 saturated carbocycles. The van der Waals surface area contributed by atoms with Gasteiger partial charge in [0, 0.05) is 0 Å². The highest BCUT2D eigenvalue weighted by molar-refractivity contribution is 6.58. The Hall–Kier alpha value is -1.08. The minimum atomic E-state index is 0.774. The predicted molar refractivity (Wildman–Crippen MR) is 61.4 cm³/mol. The van der Waals surface area contributed by atoms with E-state index in [0.29, 0.717) is 0 Å². The van der Waals surface area contributed by atoms with Crippen LogP contribution in [0.25, 0.3) is 6.08 Å². The Morgan fingerprint density at radius 2 is 2.15 bits per heavy atom. The van der Waals surface area contributed by atoms with Crippen LogP contribution in [0.5, 0.6) is 0 Å². The van der Waals surface area contributed by atoms with Crippen LogP contribution in [0.3, 0.4) is 0 Å². The minimum absolute atomic E-state index is 0.774. The van der Waals surface area contributed by atoms with Crippen LogP contribution in [0.15, 0.2) is 42.1 Å². The molecule has 0 fully saturated rings. The van der Waals surface area contributed by atoms with Gasteiger partial charge < -0.3 is 0 Å². The minimum Gasteiger partial charge on any atom is -0.0985 e. The summed E-state index contributed by atoms with van der Waals surface area (Å²) in [6.45, 7) is 8.01. The number of rotatable bonds is 3. The van der Waals surface area contributed by atoms with E-state index in [-0.39, 0.29) is 0 Å². The first-order chi connectivity index (χ1) is 6.22. The zero-order valence-corrected chi connectivity index (χ0v) is 9.17. The first-order valence-corrected chi connectivity index (χ1v) is 5.42. The molecule has 0 aromatic heterocycles. The summed E-state index contributed by atoms with van der Waals surface area (Å²) < 4.78 is 0. The molecule has 1 aromatic rings. The monoisotopic (exact) mass is 186 g/mol. The topological polar surface area (TPSA) is 0 Å². The molecule has 0 nitrogen and oxygen atoms in total. The van der Waals surface area contributed by atoms with Gasteiger partial charge in [0.1, 0.15) is 9.52 Å². The summed E-state index contributed by atoms with van der Waals surface area (Å²) >= 11 is 0. The van der Waals surface area contributed by atoms with Crippen molar-refractivity contribution in [3.05, 3.63) is 47.7 Å². The van der Waals surface area contributed by atoms with Gasteiger partial charge in [-0.15, -0.1) is 0 Å². The van der Waals surface area contributed by atoms with Crippen LogP contribution in [0.4, 0.5) is 0 Å². The van der Waals surface area contributed by atoms with Crippen LogP contribution in [0, 0.1) is 0 Å². The van der Waals surface area contributed by atoms with Crippen molar-refractivity contribution >= 4 is 20.8 Å². The lowest BCUT2D eigenvalue weighted by Gasteiger charge is -1.97. The van der Waals surface area contributed by atoms with E-state index in [1.165, 1.54) is 16.3 Å². The van der Waals surface area contributed by atoms with Crippen molar-refractivity contribution in [2.75, 3.05) is 0 Å². The second-order valence-corrected chi connectivity index (χ2v) is 4.35. The fraction of sp³-hybridized carbons (Fsp3) is 0.167. The molecule has 0 spiro atoms. The van der Waals surface area contributed by atoms with Gasteiger partial charge in [-0.3, -0.25) is 0 Å². The number of benzene rings is 1. The zero-order chi connectivity index (χ0) is 9.68. The third kappa shape index (κ3) is 3.43. The largest absolute Gasteiger partial charge is 0.111 e. The second-order valence-electron chi connectivity index (χ2n) is 3.20. The SMILES string of the molecule is C=Cc1cccc([Si]C=C(C)C)c1. The molecule has 0 N–H and O–H groups in total. The molecule has 1 heteroatoms. The quantitative estimate of drug-likeness (QED) is 0.637. The maximum absolute atomic E-state index is 3.75. The fourth-order valence-electron chi connectivity index (χ4n) is 0.983. The van der Waals surface area contributed by atoms with Crippen LogP contribution in [0.1, 0.15) is 19.4 Å². The number of hydrogen-bond donors (Lipinski definition) is 0. The molecule has 1 aromatic carbocycles. The van der Waals surface area contributed by atoms with Crippen molar-refractivity contribution in [1.82, 2.24) is 0 Å². The highest BCUT2D eigenvalue weighted by atomic mass is 28.2. The van der Waals surface area contributed by atoms with Gasteiger partial charge in [-0.2, -0.15) is 0 Å². The summed E-state index contributed by atoms with van der Waals surface area (Å²) in [5.74, 6) is 0. The Labute approximate surface area is 82.8 Å². The van der Waals surface area contributed by atoms with Gasteiger partial charge in [0.15, 0.2) is 0 Å². The van der Waals surface area contributed by atoms with Crippen LogP contribution in [-0.4, -0.2) is 9.52 Å². The van der Waals surface area contributed by atoms with E-state index in [9.17, 15) is 0 Å². The smallest absolute Gasteiger partial charge is 0.0985 e. The summed E-state index contributed by atoms with van der Waals surface area (Å²) in [5, 5.41) is 1.37.